The topological polar surface area (TPSA) is 12.0 Å². The van der Waals surface area contributed by atoms with Gasteiger partial charge in [-0.1, -0.05) is 58.4 Å². The van der Waals surface area contributed by atoms with Crippen molar-refractivity contribution >= 4 is 15.9 Å². The molecule has 0 bridgehead atoms. The van der Waals surface area contributed by atoms with Crippen LogP contribution in [0.5, 0.6) is 0 Å². The van der Waals surface area contributed by atoms with Gasteiger partial charge in [0.25, 0.3) is 0 Å². The zero-order valence-corrected chi connectivity index (χ0v) is 13.0. The maximum Gasteiger partial charge on any atom is 0.0294 e. The minimum Gasteiger partial charge on any atom is -0.307 e. The Balaban J connectivity index is 1.90. The average molecular weight is 318 g/mol. The number of nitrogens with one attached hydrogen (secondary N) is 1. The maximum atomic E-state index is 3.65. The number of rotatable bonds is 5. The summed E-state index contributed by atoms with van der Waals surface area (Å²) in [5.41, 5.74) is 2.70. The highest BCUT2D eigenvalue weighted by Crippen LogP contribution is 2.15. The fraction of sp³-hybridized carbons (Fsp3) is 0.294. The highest BCUT2D eigenvalue weighted by Gasteiger charge is 2.09. The first-order valence-electron chi connectivity index (χ1n) is 6.70. The van der Waals surface area contributed by atoms with Crippen molar-refractivity contribution in [3.63, 3.8) is 0 Å². The van der Waals surface area contributed by atoms with Crippen LogP contribution in [0.3, 0.4) is 0 Å². The van der Waals surface area contributed by atoms with Crippen LogP contribution in [-0.2, 0) is 6.42 Å². The second-order valence-corrected chi connectivity index (χ2v) is 5.95. The van der Waals surface area contributed by atoms with Crippen molar-refractivity contribution < 1.29 is 0 Å². The predicted octanol–water partition coefficient (Wildman–Crippen LogP) is 4.73. The Morgan fingerprint density at radius 3 is 2.21 bits per heavy atom. The van der Waals surface area contributed by atoms with Gasteiger partial charge >= 0.3 is 0 Å². The van der Waals surface area contributed by atoms with Crippen LogP contribution >= 0.6 is 15.9 Å². The summed E-state index contributed by atoms with van der Waals surface area (Å²) in [7, 11) is 0. The quantitative estimate of drug-likeness (QED) is 0.840. The second-order valence-electron chi connectivity index (χ2n) is 5.03. The lowest BCUT2D eigenvalue weighted by molar-refractivity contribution is 0.477. The van der Waals surface area contributed by atoms with E-state index in [9.17, 15) is 0 Å². The van der Waals surface area contributed by atoms with Crippen LogP contribution in [0.25, 0.3) is 0 Å². The van der Waals surface area contributed by atoms with Gasteiger partial charge in [-0.05, 0) is 43.5 Å². The molecule has 2 aromatic carbocycles. The van der Waals surface area contributed by atoms with Gasteiger partial charge in [-0.2, -0.15) is 0 Å². The molecule has 0 saturated heterocycles. The van der Waals surface area contributed by atoms with Crippen LogP contribution in [0.4, 0.5) is 0 Å². The first-order valence-corrected chi connectivity index (χ1v) is 7.50. The van der Waals surface area contributed by atoms with Gasteiger partial charge in [-0.3, -0.25) is 0 Å². The number of hydrogen-bond donors (Lipinski definition) is 1. The fourth-order valence-electron chi connectivity index (χ4n) is 2.30. The molecule has 0 aliphatic rings. The minimum atomic E-state index is 0.381. The van der Waals surface area contributed by atoms with Crippen molar-refractivity contribution in [1.29, 1.82) is 0 Å². The molecule has 0 aromatic heterocycles. The van der Waals surface area contributed by atoms with Crippen molar-refractivity contribution in [1.82, 2.24) is 5.32 Å². The van der Waals surface area contributed by atoms with E-state index in [1.54, 1.807) is 0 Å². The summed E-state index contributed by atoms with van der Waals surface area (Å²) in [6.45, 7) is 4.45. The van der Waals surface area contributed by atoms with E-state index in [1.165, 1.54) is 11.1 Å². The summed E-state index contributed by atoms with van der Waals surface area (Å²) in [5.74, 6) is 0. The molecule has 2 rings (SSSR count). The lowest BCUT2D eigenvalue weighted by atomic mass is 10.0. The zero-order valence-electron chi connectivity index (χ0n) is 11.4. The molecule has 2 atom stereocenters. The van der Waals surface area contributed by atoms with Gasteiger partial charge in [0.1, 0.15) is 0 Å². The Hall–Kier alpha value is -1.12. The summed E-state index contributed by atoms with van der Waals surface area (Å²) >= 11 is 3.47. The minimum absolute atomic E-state index is 0.381. The Bertz CT molecular complexity index is 492. The Morgan fingerprint density at radius 2 is 1.58 bits per heavy atom. The molecule has 2 aromatic rings. The maximum absolute atomic E-state index is 3.65. The van der Waals surface area contributed by atoms with Gasteiger partial charge in [-0.25, -0.2) is 0 Å². The number of halogens is 1. The molecule has 0 saturated carbocycles. The van der Waals surface area contributed by atoms with E-state index in [0.29, 0.717) is 12.1 Å². The van der Waals surface area contributed by atoms with Crippen molar-refractivity contribution in [2.75, 3.05) is 0 Å². The smallest absolute Gasteiger partial charge is 0.0294 e. The van der Waals surface area contributed by atoms with Crippen molar-refractivity contribution in [3.05, 3.63) is 70.2 Å². The molecule has 0 radical (unpaired) electrons. The standard InChI is InChI=1S/C17H20BrN/c1-13(12-15-8-10-17(18)11-9-15)19-14(2)16-6-4-3-5-7-16/h3-11,13-14,19H,12H2,1-2H3/t13-,14-/m1/s1. The molecular formula is C17H20BrN. The predicted molar refractivity (Wildman–Crippen MR) is 85.3 cm³/mol. The summed E-state index contributed by atoms with van der Waals surface area (Å²) in [4.78, 5) is 0. The van der Waals surface area contributed by atoms with E-state index in [-0.39, 0.29) is 0 Å². The lowest BCUT2D eigenvalue weighted by Crippen LogP contribution is -2.30. The van der Waals surface area contributed by atoms with Gasteiger partial charge in [0.15, 0.2) is 0 Å². The summed E-state index contributed by atoms with van der Waals surface area (Å²) < 4.78 is 1.13. The van der Waals surface area contributed by atoms with Gasteiger partial charge in [-0.15, -0.1) is 0 Å². The van der Waals surface area contributed by atoms with Crippen LogP contribution < -0.4 is 5.32 Å². The summed E-state index contributed by atoms with van der Waals surface area (Å²) in [6, 6.07) is 20.0. The van der Waals surface area contributed by atoms with Gasteiger partial charge in [0.2, 0.25) is 0 Å². The van der Waals surface area contributed by atoms with Crippen LogP contribution in [0.2, 0.25) is 0 Å². The van der Waals surface area contributed by atoms with E-state index in [0.717, 1.165) is 10.9 Å². The molecular weight excluding hydrogens is 298 g/mol. The third kappa shape index (κ3) is 4.48. The number of hydrogen-bond acceptors (Lipinski definition) is 1. The largest absolute Gasteiger partial charge is 0.307 e. The van der Waals surface area contributed by atoms with E-state index >= 15 is 0 Å². The van der Waals surface area contributed by atoms with E-state index in [4.69, 9.17) is 0 Å². The molecule has 0 heterocycles. The van der Waals surface area contributed by atoms with Crippen LogP contribution in [0.1, 0.15) is 31.0 Å². The highest BCUT2D eigenvalue weighted by molar-refractivity contribution is 9.10. The molecule has 2 heteroatoms. The molecule has 0 spiro atoms. The lowest BCUT2D eigenvalue weighted by Gasteiger charge is -2.20. The van der Waals surface area contributed by atoms with Crippen LogP contribution in [0, 0.1) is 0 Å². The van der Waals surface area contributed by atoms with E-state index in [1.807, 2.05) is 0 Å². The van der Waals surface area contributed by atoms with E-state index < -0.39 is 0 Å². The Morgan fingerprint density at radius 1 is 0.947 bits per heavy atom. The Kier molecular flexibility index (Phi) is 5.17. The van der Waals surface area contributed by atoms with Crippen LogP contribution in [0.15, 0.2) is 59.1 Å². The summed E-state index contributed by atoms with van der Waals surface area (Å²) in [6.07, 6.45) is 1.05. The molecule has 0 fully saturated rings. The third-order valence-electron chi connectivity index (χ3n) is 3.29. The van der Waals surface area contributed by atoms with E-state index in [2.05, 4.69) is 89.7 Å². The fourth-order valence-corrected chi connectivity index (χ4v) is 2.56. The first-order chi connectivity index (χ1) is 9.15. The third-order valence-corrected chi connectivity index (χ3v) is 3.82. The summed E-state index contributed by atoms with van der Waals surface area (Å²) in [5, 5.41) is 3.65. The first kappa shape index (κ1) is 14.3. The average Bonchev–Trinajstić information content (AvgIpc) is 2.42. The van der Waals surface area contributed by atoms with Gasteiger partial charge in [0, 0.05) is 16.6 Å². The molecule has 0 aliphatic carbocycles. The van der Waals surface area contributed by atoms with Crippen molar-refractivity contribution in [3.8, 4) is 0 Å². The van der Waals surface area contributed by atoms with Crippen molar-refractivity contribution in [2.45, 2.75) is 32.4 Å². The molecule has 100 valence electrons. The molecule has 1 N–H and O–H groups in total. The number of benzene rings is 2. The molecule has 1 nitrogen and oxygen atoms in total. The molecule has 19 heavy (non-hydrogen) atoms. The zero-order chi connectivity index (χ0) is 13.7. The van der Waals surface area contributed by atoms with Gasteiger partial charge < -0.3 is 5.32 Å². The molecule has 0 amide bonds. The van der Waals surface area contributed by atoms with Crippen LogP contribution in [-0.4, -0.2) is 6.04 Å². The monoisotopic (exact) mass is 317 g/mol. The molecule has 0 unspecified atom stereocenters. The SMILES string of the molecule is C[C@H](Cc1ccc(Br)cc1)N[C@H](C)c1ccccc1. The van der Waals surface area contributed by atoms with Crippen molar-refractivity contribution in [2.24, 2.45) is 0 Å². The molecule has 0 aliphatic heterocycles. The highest BCUT2D eigenvalue weighted by atomic mass is 79.9. The normalized spacial score (nSPS) is 14.1. The second kappa shape index (κ2) is 6.88. The Labute approximate surface area is 124 Å². The van der Waals surface area contributed by atoms with Gasteiger partial charge in [0.05, 0.1) is 0 Å².